The number of phenolic OH excluding ortho intramolecular Hbond substituents is 1. The Balaban J connectivity index is 2.16. The van der Waals surface area contributed by atoms with Crippen molar-refractivity contribution < 1.29 is 9.84 Å². The minimum Gasteiger partial charge on any atom is -0.503 e. The van der Waals surface area contributed by atoms with Crippen LogP contribution in [0.15, 0.2) is 16.6 Å². The van der Waals surface area contributed by atoms with Crippen LogP contribution in [0.5, 0.6) is 11.5 Å². The van der Waals surface area contributed by atoms with Crippen LogP contribution in [0.2, 0.25) is 0 Å². The predicted octanol–water partition coefficient (Wildman–Crippen LogP) is 3.78. The standard InChI is InChI=1S/C15H22BrNO2/c1-10-4-5-11(2)17(8-10)9-12-6-13(16)15(18)14(7-12)19-3/h6-7,10-11,18H,4-5,8-9H2,1-3H3. The second kappa shape index (κ2) is 6.14. The fourth-order valence-corrected chi connectivity index (χ4v) is 3.20. The van der Waals surface area contributed by atoms with E-state index in [0.29, 0.717) is 16.3 Å². The molecule has 1 saturated heterocycles. The third kappa shape index (κ3) is 3.42. The number of methoxy groups -OCH3 is 1. The molecule has 1 aliphatic rings. The lowest BCUT2D eigenvalue weighted by atomic mass is 9.94. The van der Waals surface area contributed by atoms with Gasteiger partial charge in [0.05, 0.1) is 11.6 Å². The lowest BCUT2D eigenvalue weighted by Gasteiger charge is -2.36. The van der Waals surface area contributed by atoms with Crippen LogP contribution in [-0.2, 0) is 6.54 Å². The topological polar surface area (TPSA) is 32.7 Å². The largest absolute Gasteiger partial charge is 0.503 e. The van der Waals surface area contributed by atoms with E-state index < -0.39 is 0 Å². The highest BCUT2D eigenvalue weighted by molar-refractivity contribution is 9.10. The van der Waals surface area contributed by atoms with Crippen LogP contribution in [0.1, 0.15) is 32.3 Å². The molecule has 4 heteroatoms. The molecule has 1 N–H and O–H groups in total. The first-order valence-electron chi connectivity index (χ1n) is 6.80. The fourth-order valence-electron chi connectivity index (χ4n) is 2.71. The van der Waals surface area contributed by atoms with E-state index >= 15 is 0 Å². The summed E-state index contributed by atoms with van der Waals surface area (Å²) in [6.45, 7) is 6.65. The first-order valence-corrected chi connectivity index (χ1v) is 7.60. The number of hydrogen-bond acceptors (Lipinski definition) is 3. The molecule has 0 amide bonds. The minimum atomic E-state index is 0.173. The zero-order valence-corrected chi connectivity index (χ0v) is 13.4. The Morgan fingerprint density at radius 3 is 2.79 bits per heavy atom. The van der Waals surface area contributed by atoms with Crippen LogP contribution in [0.3, 0.4) is 0 Å². The second-order valence-corrected chi connectivity index (χ2v) is 6.44. The van der Waals surface area contributed by atoms with Gasteiger partial charge >= 0.3 is 0 Å². The van der Waals surface area contributed by atoms with Crippen molar-refractivity contribution in [3.05, 3.63) is 22.2 Å². The molecule has 0 aromatic heterocycles. The molecule has 106 valence electrons. The molecule has 1 aliphatic heterocycles. The van der Waals surface area contributed by atoms with E-state index in [1.54, 1.807) is 7.11 Å². The number of ether oxygens (including phenoxy) is 1. The quantitative estimate of drug-likeness (QED) is 0.916. The molecule has 1 aromatic rings. The predicted molar refractivity (Wildman–Crippen MR) is 80.6 cm³/mol. The number of benzene rings is 1. The monoisotopic (exact) mass is 327 g/mol. The molecule has 2 unspecified atom stereocenters. The number of halogens is 1. The van der Waals surface area contributed by atoms with Crippen molar-refractivity contribution in [3.8, 4) is 11.5 Å². The Morgan fingerprint density at radius 2 is 2.11 bits per heavy atom. The first kappa shape index (κ1) is 14.7. The smallest absolute Gasteiger partial charge is 0.172 e. The van der Waals surface area contributed by atoms with Gasteiger partial charge in [-0.05, 0) is 59.3 Å². The summed E-state index contributed by atoms with van der Waals surface area (Å²) in [6, 6.07) is 4.52. The molecule has 0 saturated carbocycles. The fraction of sp³-hybridized carbons (Fsp3) is 0.600. The molecule has 0 spiro atoms. The van der Waals surface area contributed by atoms with E-state index in [9.17, 15) is 5.11 Å². The molecule has 1 aromatic carbocycles. The minimum absolute atomic E-state index is 0.173. The van der Waals surface area contributed by atoms with Gasteiger partial charge in [0.1, 0.15) is 0 Å². The van der Waals surface area contributed by atoms with Crippen molar-refractivity contribution in [1.29, 1.82) is 0 Å². The maximum absolute atomic E-state index is 9.84. The van der Waals surface area contributed by atoms with E-state index in [0.717, 1.165) is 19.0 Å². The summed E-state index contributed by atoms with van der Waals surface area (Å²) in [4.78, 5) is 2.51. The van der Waals surface area contributed by atoms with Crippen molar-refractivity contribution in [1.82, 2.24) is 4.90 Å². The summed E-state index contributed by atoms with van der Waals surface area (Å²) in [5.41, 5.74) is 1.17. The number of aromatic hydroxyl groups is 1. The molecule has 0 aliphatic carbocycles. The van der Waals surface area contributed by atoms with Crippen molar-refractivity contribution in [2.45, 2.75) is 39.3 Å². The van der Waals surface area contributed by atoms with Crippen LogP contribution in [0.4, 0.5) is 0 Å². The highest BCUT2D eigenvalue weighted by Crippen LogP contribution is 2.36. The average molecular weight is 328 g/mol. The van der Waals surface area contributed by atoms with Gasteiger partial charge in [-0.2, -0.15) is 0 Å². The van der Waals surface area contributed by atoms with E-state index in [2.05, 4.69) is 34.7 Å². The molecular formula is C15H22BrNO2. The van der Waals surface area contributed by atoms with E-state index in [4.69, 9.17) is 4.74 Å². The van der Waals surface area contributed by atoms with Crippen LogP contribution in [0.25, 0.3) is 0 Å². The zero-order valence-electron chi connectivity index (χ0n) is 11.8. The van der Waals surface area contributed by atoms with Gasteiger partial charge in [0.2, 0.25) is 0 Å². The molecule has 3 nitrogen and oxygen atoms in total. The van der Waals surface area contributed by atoms with E-state index in [1.165, 1.54) is 18.4 Å². The molecule has 0 bridgehead atoms. The number of piperidine rings is 1. The molecule has 2 rings (SSSR count). The van der Waals surface area contributed by atoms with Crippen LogP contribution in [-0.4, -0.2) is 29.7 Å². The van der Waals surface area contributed by atoms with Gasteiger partial charge in [0.25, 0.3) is 0 Å². The number of hydrogen-bond donors (Lipinski definition) is 1. The maximum Gasteiger partial charge on any atom is 0.172 e. The van der Waals surface area contributed by atoms with Crippen molar-refractivity contribution >= 4 is 15.9 Å². The highest BCUT2D eigenvalue weighted by Gasteiger charge is 2.23. The summed E-state index contributed by atoms with van der Waals surface area (Å²) >= 11 is 3.38. The lowest BCUT2D eigenvalue weighted by molar-refractivity contribution is 0.117. The van der Waals surface area contributed by atoms with Gasteiger partial charge in [-0.25, -0.2) is 0 Å². The highest BCUT2D eigenvalue weighted by atomic mass is 79.9. The molecule has 0 radical (unpaired) electrons. The zero-order chi connectivity index (χ0) is 14.0. The molecular weight excluding hydrogens is 306 g/mol. The van der Waals surface area contributed by atoms with E-state index in [-0.39, 0.29) is 5.75 Å². The van der Waals surface area contributed by atoms with Crippen LogP contribution < -0.4 is 4.74 Å². The van der Waals surface area contributed by atoms with Gasteiger partial charge in [-0.1, -0.05) is 6.92 Å². The number of nitrogens with zero attached hydrogens (tertiary/aromatic N) is 1. The Morgan fingerprint density at radius 1 is 1.37 bits per heavy atom. The van der Waals surface area contributed by atoms with Crippen molar-refractivity contribution in [2.24, 2.45) is 5.92 Å². The van der Waals surface area contributed by atoms with Gasteiger partial charge in [-0.3, -0.25) is 4.90 Å². The molecule has 19 heavy (non-hydrogen) atoms. The molecule has 1 fully saturated rings. The summed E-state index contributed by atoms with van der Waals surface area (Å²) < 4.78 is 5.90. The Labute approximate surface area is 123 Å². The number of phenols is 1. The van der Waals surface area contributed by atoms with Crippen LogP contribution in [0, 0.1) is 5.92 Å². The normalized spacial score (nSPS) is 24.4. The first-order chi connectivity index (χ1) is 9.01. The number of likely N-dealkylation sites (tertiary alicyclic amines) is 1. The average Bonchev–Trinajstić information content (AvgIpc) is 2.38. The SMILES string of the molecule is COc1cc(CN2CC(C)CCC2C)cc(Br)c1O. The summed E-state index contributed by atoms with van der Waals surface area (Å²) in [7, 11) is 1.58. The third-order valence-electron chi connectivity index (χ3n) is 3.94. The maximum atomic E-state index is 9.84. The Kier molecular flexibility index (Phi) is 4.74. The van der Waals surface area contributed by atoms with Crippen LogP contribution >= 0.6 is 15.9 Å². The molecule has 1 heterocycles. The Bertz CT molecular complexity index is 450. The van der Waals surface area contributed by atoms with Gasteiger partial charge < -0.3 is 9.84 Å². The van der Waals surface area contributed by atoms with Crippen molar-refractivity contribution in [3.63, 3.8) is 0 Å². The number of rotatable bonds is 3. The van der Waals surface area contributed by atoms with Gasteiger partial charge in [0.15, 0.2) is 11.5 Å². The second-order valence-electron chi connectivity index (χ2n) is 5.59. The molecule has 2 atom stereocenters. The summed E-state index contributed by atoms with van der Waals surface area (Å²) in [5, 5.41) is 9.84. The summed E-state index contributed by atoms with van der Waals surface area (Å²) in [5.74, 6) is 1.46. The van der Waals surface area contributed by atoms with Crippen molar-refractivity contribution in [2.75, 3.05) is 13.7 Å². The third-order valence-corrected chi connectivity index (χ3v) is 4.55. The van der Waals surface area contributed by atoms with Gasteiger partial charge in [-0.15, -0.1) is 0 Å². The lowest BCUT2D eigenvalue weighted by Crippen LogP contribution is -2.40. The summed E-state index contributed by atoms with van der Waals surface area (Å²) in [6.07, 6.45) is 2.58. The Hall–Kier alpha value is -0.740. The van der Waals surface area contributed by atoms with Gasteiger partial charge in [0, 0.05) is 19.1 Å². The van der Waals surface area contributed by atoms with E-state index in [1.807, 2.05) is 12.1 Å².